The first-order valence-electron chi connectivity index (χ1n) is 10.9. The number of amides is 1. The van der Waals surface area contributed by atoms with Crippen molar-refractivity contribution in [3.63, 3.8) is 0 Å². The van der Waals surface area contributed by atoms with Crippen LogP contribution in [0.4, 0.5) is 32.2 Å². The van der Waals surface area contributed by atoms with Crippen molar-refractivity contribution < 1.29 is 35.9 Å². The summed E-state index contributed by atoms with van der Waals surface area (Å²) in [5, 5.41) is 2.74. The molecule has 0 radical (unpaired) electrons. The molecule has 0 aliphatic carbocycles. The molecule has 1 amide bonds. The van der Waals surface area contributed by atoms with E-state index in [1.54, 1.807) is 0 Å². The number of halogens is 6. The first-order chi connectivity index (χ1) is 17.2. The van der Waals surface area contributed by atoms with E-state index in [1.165, 1.54) is 27.0 Å². The van der Waals surface area contributed by atoms with Crippen LogP contribution < -0.4 is 11.1 Å². The third kappa shape index (κ3) is 6.56. The Kier molecular flexibility index (Phi) is 8.10. The number of ether oxygens (including phenoxy) is 1. The fourth-order valence-electron chi connectivity index (χ4n) is 3.75. The summed E-state index contributed by atoms with van der Waals surface area (Å²) in [6.07, 6.45) is -7.94. The second-order valence-electron chi connectivity index (χ2n) is 8.23. The number of pyridine rings is 2. The first kappa shape index (κ1) is 27.9. The zero-order chi connectivity index (χ0) is 27.5. The standard InChI is InChI=1S/C23H24F6N6O2/c1-12(31-3)19(16-6-5-15(24)9-32-16)20(30)21(36)35-11-22(25,26)37-13(2)17(35)10-34-18-7-4-14(8-33-18)23(27,28)29/h4-9,13,17H,10-11,30H2,1-3H3,(H,33,34)/b20-19+,31-12?/t13-,17+/m0/s1. The lowest BCUT2D eigenvalue weighted by atomic mass is 10.0. The molecule has 0 saturated carbocycles. The molecule has 0 bridgehead atoms. The smallest absolute Gasteiger partial charge is 0.394 e. The third-order valence-corrected chi connectivity index (χ3v) is 5.68. The van der Waals surface area contributed by atoms with Gasteiger partial charge >= 0.3 is 12.3 Å². The van der Waals surface area contributed by atoms with Gasteiger partial charge < -0.3 is 20.7 Å². The van der Waals surface area contributed by atoms with E-state index >= 15 is 0 Å². The van der Waals surface area contributed by atoms with E-state index in [9.17, 15) is 31.1 Å². The monoisotopic (exact) mass is 530 g/mol. The summed E-state index contributed by atoms with van der Waals surface area (Å²) in [5.41, 5.74) is 5.12. The lowest BCUT2D eigenvalue weighted by Gasteiger charge is -2.43. The maximum absolute atomic E-state index is 14.3. The lowest BCUT2D eigenvalue weighted by molar-refractivity contribution is -0.300. The molecule has 3 N–H and O–H groups in total. The Hall–Kier alpha value is -3.68. The van der Waals surface area contributed by atoms with Crippen LogP contribution in [-0.2, 0) is 15.7 Å². The summed E-state index contributed by atoms with van der Waals surface area (Å²) >= 11 is 0. The highest BCUT2D eigenvalue weighted by atomic mass is 19.4. The van der Waals surface area contributed by atoms with E-state index in [-0.39, 0.29) is 29.3 Å². The van der Waals surface area contributed by atoms with Gasteiger partial charge in [-0.25, -0.2) is 9.37 Å². The SMILES string of the molecule is CN=C(C)/C(=C(\N)C(=O)N1CC(F)(F)O[C@@H](C)[C@H]1CNc1ccc(C(F)(F)F)cn1)c1ccc(F)cn1. The van der Waals surface area contributed by atoms with Crippen molar-refractivity contribution in [2.45, 2.75) is 38.3 Å². The molecule has 2 atom stereocenters. The fraction of sp³-hybridized carbons (Fsp3) is 0.391. The summed E-state index contributed by atoms with van der Waals surface area (Å²) in [6.45, 7) is 1.50. The molecular weight excluding hydrogens is 506 g/mol. The van der Waals surface area contributed by atoms with E-state index in [0.717, 1.165) is 29.3 Å². The van der Waals surface area contributed by atoms with Crippen molar-refractivity contribution in [3.05, 3.63) is 59.4 Å². The van der Waals surface area contributed by atoms with Crippen LogP contribution in [0.5, 0.6) is 0 Å². The number of anilines is 1. The van der Waals surface area contributed by atoms with Gasteiger partial charge in [-0.15, -0.1) is 0 Å². The lowest BCUT2D eigenvalue weighted by Crippen LogP contribution is -2.61. The van der Waals surface area contributed by atoms with Crippen LogP contribution in [0.15, 0.2) is 47.3 Å². The van der Waals surface area contributed by atoms with Gasteiger partial charge in [-0.1, -0.05) is 0 Å². The van der Waals surface area contributed by atoms with Gasteiger partial charge in [0.05, 0.1) is 29.6 Å². The quantitative estimate of drug-likeness (QED) is 0.335. The molecule has 1 aliphatic heterocycles. The third-order valence-electron chi connectivity index (χ3n) is 5.68. The highest BCUT2D eigenvalue weighted by molar-refractivity contribution is 6.27. The number of allylic oxidation sites excluding steroid dienone is 1. The number of nitrogens with one attached hydrogen (secondary N) is 1. The Morgan fingerprint density at radius 1 is 1.24 bits per heavy atom. The van der Waals surface area contributed by atoms with Crippen molar-refractivity contribution >= 4 is 23.0 Å². The molecule has 1 fully saturated rings. The molecule has 14 heteroatoms. The van der Waals surface area contributed by atoms with Crippen LogP contribution in [0, 0.1) is 5.82 Å². The number of alkyl halides is 5. The Labute approximate surface area is 208 Å². The second-order valence-corrected chi connectivity index (χ2v) is 8.23. The maximum Gasteiger partial charge on any atom is 0.417 e. The van der Waals surface area contributed by atoms with Gasteiger partial charge in [0.2, 0.25) is 0 Å². The minimum atomic E-state index is -4.58. The number of morpholine rings is 1. The summed E-state index contributed by atoms with van der Waals surface area (Å²) in [6, 6.07) is 3.23. The minimum absolute atomic E-state index is 0.0265. The van der Waals surface area contributed by atoms with Gasteiger partial charge in [-0.2, -0.15) is 22.0 Å². The molecule has 2 aromatic heterocycles. The Balaban J connectivity index is 1.93. The summed E-state index contributed by atoms with van der Waals surface area (Å²) in [7, 11) is 1.42. The topological polar surface area (TPSA) is 106 Å². The molecule has 2 aromatic rings. The molecule has 1 aliphatic rings. The van der Waals surface area contributed by atoms with E-state index in [1.807, 2.05) is 0 Å². The summed E-state index contributed by atoms with van der Waals surface area (Å²) in [4.78, 5) is 25.9. The van der Waals surface area contributed by atoms with Crippen LogP contribution >= 0.6 is 0 Å². The molecule has 200 valence electrons. The highest BCUT2D eigenvalue weighted by Gasteiger charge is 2.47. The molecule has 0 spiro atoms. The van der Waals surface area contributed by atoms with Gasteiger partial charge in [0, 0.05) is 31.1 Å². The van der Waals surface area contributed by atoms with Crippen molar-refractivity contribution in [1.29, 1.82) is 0 Å². The van der Waals surface area contributed by atoms with Crippen molar-refractivity contribution in [2.24, 2.45) is 10.7 Å². The first-order valence-corrected chi connectivity index (χ1v) is 10.9. The molecule has 1 saturated heterocycles. The van der Waals surface area contributed by atoms with Gasteiger partial charge in [-0.05, 0) is 38.1 Å². The molecule has 3 heterocycles. The van der Waals surface area contributed by atoms with Gasteiger partial charge in [0.1, 0.15) is 23.9 Å². The Bertz CT molecular complexity index is 1180. The molecule has 0 aromatic carbocycles. The van der Waals surface area contributed by atoms with Crippen LogP contribution in [-0.4, -0.2) is 64.9 Å². The Morgan fingerprint density at radius 3 is 2.49 bits per heavy atom. The normalized spacial score (nSPS) is 20.9. The van der Waals surface area contributed by atoms with Gasteiger partial charge in [0.25, 0.3) is 5.91 Å². The number of hydrogen-bond acceptors (Lipinski definition) is 7. The second kappa shape index (κ2) is 10.7. The average molecular weight is 530 g/mol. The minimum Gasteiger partial charge on any atom is -0.394 e. The summed E-state index contributed by atoms with van der Waals surface area (Å²) in [5.74, 6) is -1.59. The van der Waals surface area contributed by atoms with Gasteiger partial charge in [0.15, 0.2) is 0 Å². The molecule has 37 heavy (non-hydrogen) atoms. The van der Waals surface area contributed by atoms with Crippen molar-refractivity contribution in [1.82, 2.24) is 14.9 Å². The predicted octanol–water partition coefficient (Wildman–Crippen LogP) is 3.72. The van der Waals surface area contributed by atoms with Crippen molar-refractivity contribution in [2.75, 3.05) is 25.5 Å². The molecule has 3 rings (SSSR count). The zero-order valence-corrected chi connectivity index (χ0v) is 20.0. The number of carbonyl (C=O) groups excluding carboxylic acids is 1. The van der Waals surface area contributed by atoms with Crippen molar-refractivity contribution in [3.8, 4) is 0 Å². The van der Waals surface area contributed by atoms with Gasteiger partial charge in [-0.3, -0.25) is 14.8 Å². The average Bonchev–Trinajstić information content (AvgIpc) is 2.83. The number of carbonyl (C=O) groups is 1. The number of aliphatic imine (C=N–C) groups is 1. The zero-order valence-electron chi connectivity index (χ0n) is 20.0. The van der Waals surface area contributed by atoms with Crippen LogP contribution in [0.25, 0.3) is 5.57 Å². The molecule has 8 nitrogen and oxygen atoms in total. The van der Waals surface area contributed by atoms with E-state index in [4.69, 9.17) is 10.5 Å². The van der Waals surface area contributed by atoms with Crippen LogP contribution in [0.2, 0.25) is 0 Å². The van der Waals surface area contributed by atoms with E-state index in [0.29, 0.717) is 6.20 Å². The summed E-state index contributed by atoms with van der Waals surface area (Å²) < 4.78 is 85.2. The number of aromatic nitrogens is 2. The number of nitrogens with two attached hydrogens (primary N) is 1. The molecule has 0 unspecified atom stereocenters. The largest absolute Gasteiger partial charge is 0.417 e. The number of rotatable bonds is 6. The maximum atomic E-state index is 14.3. The van der Waals surface area contributed by atoms with E-state index < -0.39 is 54.0 Å². The predicted molar refractivity (Wildman–Crippen MR) is 123 cm³/mol. The number of hydrogen-bond donors (Lipinski definition) is 2. The fourth-order valence-corrected chi connectivity index (χ4v) is 3.75. The molecular formula is C23H24F6N6O2. The van der Waals surface area contributed by atoms with E-state index in [2.05, 4.69) is 20.3 Å². The van der Waals surface area contributed by atoms with Crippen LogP contribution in [0.3, 0.4) is 0 Å². The highest BCUT2D eigenvalue weighted by Crippen LogP contribution is 2.31. The Morgan fingerprint density at radius 2 is 1.95 bits per heavy atom. The number of nitrogens with zero attached hydrogens (tertiary/aromatic N) is 4. The van der Waals surface area contributed by atoms with Crippen LogP contribution in [0.1, 0.15) is 25.1 Å².